The van der Waals surface area contributed by atoms with E-state index >= 15 is 0 Å². The van der Waals surface area contributed by atoms with E-state index in [4.69, 9.17) is 4.74 Å². The third-order valence-electron chi connectivity index (χ3n) is 5.12. The van der Waals surface area contributed by atoms with Crippen LogP contribution in [0.1, 0.15) is 61.6 Å². The second-order valence-electron chi connectivity index (χ2n) is 7.83. The lowest BCUT2D eigenvalue weighted by atomic mass is 9.91. The molecule has 1 aromatic heterocycles. The molecule has 1 aliphatic carbocycles. The van der Waals surface area contributed by atoms with Crippen LogP contribution < -0.4 is 15.4 Å². The molecule has 0 atom stereocenters. The first-order valence-electron chi connectivity index (χ1n) is 10.3. The van der Waals surface area contributed by atoms with Crippen molar-refractivity contribution in [2.24, 2.45) is 0 Å². The topological polar surface area (TPSA) is 98.1 Å². The molecule has 8 heteroatoms. The Labute approximate surface area is 176 Å². The lowest BCUT2D eigenvalue weighted by molar-refractivity contribution is -0.117. The van der Waals surface area contributed by atoms with Crippen molar-refractivity contribution in [3.8, 4) is 5.75 Å². The third-order valence-corrected chi connectivity index (χ3v) is 5.12. The van der Waals surface area contributed by atoms with Gasteiger partial charge in [-0.2, -0.15) is 0 Å². The molecule has 8 nitrogen and oxygen atoms in total. The first-order valence-corrected chi connectivity index (χ1v) is 10.3. The van der Waals surface area contributed by atoms with Gasteiger partial charge >= 0.3 is 0 Å². The molecule has 1 aliphatic rings. The zero-order chi connectivity index (χ0) is 21.5. The van der Waals surface area contributed by atoms with Gasteiger partial charge in [0.05, 0.1) is 19.3 Å². The fourth-order valence-electron chi connectivity index (χ4n) is 3.52. The van der Waals surface area contributed by atoms with Crippen molar-refractivity contribution in [1.29, 1.82) is 0 Å². The molecule has 3 rings (SSSR count). The minimum Gasteiger partial charge on any atom is -0.497 e. The second kappa shape index (κ2) is 10.0. The molecule has 30 heavy (non-hydrogen) atoms. The molecule has 0 saturated heterocycles. The summed E-state index contributed by atoms with van der Waals surface area (Å²) < 4.78 is 6.91. The van der Waals surface area contributed by atoms with Crippen LogP contribution in [0.5, 0.6) is 5.75 Å². The highest BCUT2D eigenvalue weighted by molar-refractivity contribution is 5.92. The summed E-state index contributed by atoms with van der Waals surface area (Å²) in [6.07, 6.45) is 8.53. The van der Waals surface area contributed by atoms with Gasteiger partial charge in [0.25, 0.3) is 5.91 Å². The Bertz CT molecular complexity index is 880. The third kappa shape index (κ3) is 5.92. The number of aromatic nitrogens is 3. The maximum atomic E-state index is 12.2. The number of hydrogen-bond donors (Lipinski definition) is 2. The monoisotopic (exact) mass is 411 g/mol. The molecule has 0 aliphatic heterocycles. The highest BCUT2D eigenvalue weighted by atomic mass is 16.5. The molecular weight excluding hydrogens is 382 g/mol. The number of ether oxygens (including phenoxy) is 1. The van der Waals surface area contributed by atoms with Gasteiger partial charge in [-0.3, -0.25) is 9.59 Å². The van der Waals surface area contributed by atoms with Gasteiger partial charge in [0.1, 0.15) is 5.75 Å². The number of carbonyl (C=O) groups excluding carboxylic acids is 2. The summed E-state index contributed by atoms with van der Waals surface area (Å²) >= 11 is 0. The maximum Gasteiger partial charge on any atom is 0.273 e. The van der Waals surface area contributed by atoms with Crippen molar-refractivity contribution in [3.63, 3.8) is 0 Å². The maximum absolute atomic E-state index is 12.2. The first kappa shape index (κ1) is 21.5. The van der Waals surface area contributed by atoms with E-state index in [0.29, 0.717) is 5.69 Å². The van der Waals surface area contributed by atoms with Gasteiger partial charge in [-0.05, 0) is 63.3 Å². The van der Waals surface area contributed by atoms with Gasteiger partial charge in [-0.15, -0.1) is 5.10 Å². The average Bonchev–Trinajstić information content (AvgIpc) is 3.23. The van der Waals surface area contributed by atoms with Crippen molar-refractivity contribution in [2.45, 2.75) is 57.7 Å². The van der Waals surface area contributed by atoms with Crippen molar-refractivity contribution >= 4 is 17.9 Å². The summed E-state index contributed by atoms with van der Waals surface area (Å²) in [4.78, 5) is 24.3. The molecule has 1 saturated carbocycles. The van der Waals surface area contributed by atoms with E-state index in [9.17, 15) is 9.59 Å². The number of hydrogen-bond acceptors (Lipinski definition) is 5. The fourth-order valence-corrected chi connectivity index (χ4v) is 3.52. The van der Waals surface area contributed by atoms with Gasteiger partial charge in [0, 0.05) is 18.2 Å². The van der Waals surface area contributed by atoms with E-state index in [0.717, 1.165) is 37.0 Å². The molecule has 2 amide bonds. The lowest BCUT2D eigenvalue weighted by Crippen LogP contribution is -2.37. The van der Waals surface area contributed by atoms with Crippen molar-refractivity contribution in [3.05, 3.63) is 47.8 Å². The molecule has 2 N–H and O–H groups in total. The fraction of sp³-hybridized carbons (Fsp3) is 0.455. The lowest BCUT2D eigenvalue weighted by Gasteiger charge is -2.28. The van der Waals surface area contributed by atoms with Crippen molar-refractivity contribution in [2.75, 3.05) is 7.11 Å². The van der Waals surface area contributed by atoms with Crippen LogP contribution in [-0.2, 0) is 4.79 Å². The van der Waals surface area contributed by atoms with Crippen LogP contribution in [-0.4, -0.2) is 46.0 Å². The average molecular weight is 412 g/mol. The Morgan fingerprint density at radius 3 is 2.50 bits per heavy atom. The zero-order valence-electron chi connectivity index (χ0n) is 17.7. The number of methoxy groups -OCH3 is 1. The summed E-state index contributed by atoms with van der Waals surface area (Å²) in [5.74, 6) is 0.483. The molecule has 0 spiro atoms. The predicted octanol–water partition coefficient (Wildman–Crippen LogP) is 2.74. The molecule has 0 bridgehead atoms. The molecule has 160 valence electrons. The molecule has 1 aromatic carbocycles. The van der Waals surface area contributed by atoms with E-state index in [1.165, 1.54) is 0 Å². The van der Waals surface area contributed by atoms with Gasteiger partial charge in [0.15, 0.2) is 5.69 Å². The van der Waals surface area contributed by atoms with Gasteiger partial charge in [0.2, 0.25) is 5.91 Å². The Morgan fingerprint density at radius 1 is 1.17 bits per heavy atom. The van der Waals surface area contributed by atoms with Crippen LogP contribution in [0.3, 0.4) is 0 Å². The van der Waals surface area contributed by atoms with E-state index in [1.807, 2.05) is 38.1 Å². The summed E-state index contributed by atoms with van der Waals surface area (Å²) in [6, 6.07) is 7.92. The number of rotatable bonds is 7. The highest BCUT2D eigenvalue weighted by Gasteiger charge is 2.24. The molecule has 0 unspecified atom stereocenters. The van der Waals surface area contributed by atoms with Crippen LogP contribution in [0.4, 0.5) is 0 Å². The summed E-state index contributed by atoms with van der Waals surface area (Å²) in [5, 5.41) is 14.0. The van der Waals surface area contributed by atoms with Gasteiger partial charge in [-0.1, -0.05) is 17.3 Å². The van der Waals surface area contributed by atoms with E-state index in [1.54, 1.807) is 30.1 Å². The van der Waals surface area contributed by atoms with Crippen molar-refractivity contribution < 1.29 is 14.3 Å². The SMILES string of the molecule is COc1ccc(/C=C/C(=O)NC2CCC(n3cc(C(=O)NC(C)C)nn3)CC2)cc1. The van der Waals surface area contributed by atoms with Crippen LogP contribution in [0.25, 0.3) is 6.08 Å². The Hall–Kier alpha value is -3.16. The first-order chi connectivity index (χ1) is 14.4. The number of carbonyl (C=O) groups is 2. The van der Waals surface area contributed by atoms with E-state index < -0.39 is 0 Å². The normalized spacial score (nSPS) is 19.1. The number of amides is 2. The number of nitrogens with one attached hydrogen (secondary N) is 2. The Kier molecular flexibility index (Phi) is 7.21. The minimum absolute atomic E-state index is 0.0560. The van der Waals surface area contributed by atoms with Crippen LogP contribution in [0.2, 0.25) is 0 Å². The Morgan fingerprint density at radius 2 is 1.87 bits per heavy atom. The van der Waals surface area contributed by atoms with Crippen molar-refractivity contribution in [1.82, 2.24) is 25.6 Å². The molecule has 2 aromatic rings. The molecular formula is C22H29N5O3. The molecule has 1 fully saturated rings. The smallest absolute Gasteiger partial charge is 0.273 e. The summed E-state index contributed by atoms with van der Waals surface area (Å²) in [7, 11) is 1.62. The van der Waals surface area contributed by atoms with E-state index in [-0.39, 0.29) is 29.9 Å². The predicted molar refractivity (Wildman–Crippen MR) is 114 cm³/mol. The van der Waals surface area contributed by atoms with E-state index in [2.05, 4.69) is 20.9 Å². The van der Waals surface area contributed by atoms with Crippen LogP contribution in [0, 0.1) is 0 Å². The zero-order valence-corrected chi connectivity index (χ0v) is 17.7. The number of benzene rings is 1. The quantitative estimate of drug-likeness (QED) is 0.683. The second-order valence-corrected chi connectivity index (χ2v) is 7.83. The molecule has 1 heterocycles. The van der Waals surface area contributed by atoms with Gasteiger partial charge < -0.3 is 15.4 Å². The minimum atomic E-state index is -0.208. The Balaban J connectivity index is 1.46. The standard InChI is InChI=1S/C22H29N5O3/c1-15(2)23-22(29)20-14-27(26-25-20)18-9-7-17(8-10-18)24-21(28)13-6-16-4-11-19(30-3)12-5-16/h4-6,11-15,17-18H,7-10H2,1-3H3,(H,23,29)(H,24,28)/b13-6+. The van der Waals surface area contributed by atoms with Crippen LogP contribution in [0.15, 0.2) is 36.5 Å². The molecule has 0 radical (unpaired) electrons. The largest absolute Gasteiger partial charge is 0.497 e. The van der Waals surface area contributed by atoms with Crippen LogP contribution >= 0.6 is 0 Å². The number of nitrogens with zero attached hydrogens (tertiary/aromatic N) is 3. The van der Waals surface area contributed by atoms with Gasteiger partial charge in [-0.25, -0.2) is 4.68 Å². The highest BCUT2D eigenvalue weighted by Crippen LogP contribution is 2.28. The summed E-state index contributed by atoms with van der Waals surface area (Å²) in [6.45, 7) is 3.81. The summed E-state index contributed by atoms with van der Waals surface area (Å²) in [5.41, 5.74) is 1.28.